The van der Waals surface area contributed by atoms with Crippen LogP contribution < -0.4 is 11.5 Å². The maximum Gasteiger partial charge on any atom is 0.481 e. The predicted octanol–water partition coefficient (Wildman–Crippen LogP) is -1.78. The van der Waals surface area contributed by atoms with Crippen LogP contribution in [0.2, 0.25) is 0 Å². The lowest BCUT2D eigenvalue weighted by molar-refractivity contribution is -0.0482. The molecule has 3 rings (SSSR count). The average molecular weight is 426 g/mol. The topological polar surface area (TPSA) is 238 Å². The monoisotopic (exact) mass is 426 g/mol. The second kappa shape index (κ2) is 7.14. The Morgan fingerprint density at radius 2 is 1.96 bits per heavy atom. The smallest absolute Gasteiger partial charge is 0.387 e. The molecule has 8 N–H and O–H groups in total. The third-order valence-corrected chi connectivity index (χ3v) is 5.85. The Morgan fingerprint density at radius 1 is 1.26 bits per heavy atom. The van der Waals surface area contributed by atoms with Crippen molar-refractivity contribution in [2.24, 2.45) is 5.73 Å². The van der Waals surface area contributed by atoms with Gasteiger partial charge < -0.3 is 36.0 Å². The minimum Gasteiger partial charge on any atom is -0.387 e. The molecule has 5 atom stereocenters. The van der Waals surface area contributed by atoms with Gasteiger partial charge in [0, 0.05) is 0 Å². The van der Waals surface area contributed by atoms with Crippen LogP contribution in [-0.4, -0.2) is 64.2 Å². The molecule has 1 fully saturated rings. The number of hydrogen-bond donors (Lipinski definition) is 6. The normalized spacial score (nSPS) is 28.5. The van der Waals surface area contributed by atoms with Crippen LogP contribution in [0.3, 0.4) is 0 Å². The molecule has 2 aromatic rings. The number of nitrogen functional groups attached to an aromatic ring is 1. The predicted molar refractivity (Wildman–Crippen MR) is 86.5 cm³/mol. The Kier molecular flexibility index (Phi) is 5.35. The summed E-state index contributed by atoms with van der Waals surface area (Å²) in [7, 11) is -10.3. The molecule has 17 heteroatoms. The molecule has 150 valence electrons. The zero-order valence-corrected chi connectivity index (χ0v) is 15.1. The first-order valence-corrected chi connectivity index (χ1v) is 10.3. The van der Waals surface area contributed by atoms with Crippen molar-refractivity contribution in [3.8, 4) is 0 Å². The number of aliphatic hydroxyl groups excluding tert-OH is 1. The summed E-state index contributed by atoms with van der Waals surface area (Å²) in [4.78, 5) is 38.3. The summed E-state index contributed by atoms with van der Waals surface area (Å²) >= 11 is 0. The Balaban J connectivity index is 1.75. The van der Waals surface area contributed by atoms with Gasteiger partial charge >= 0.3 is 15.6 Å². The lowest BCUT2D eigenvalue weighted by atomic mass is 10.1. The summed E-state index contributed by atoms with van der Waals surface area (Å²) in [6, 6.07) is -1.07. The SMILES string of the molecule is Nc1ncnc2c1ncn2C1OC(COP(=O)(O)OP(=O)(O)O)C(N)C1O. The highest BCUT2D eigenvalue weighted by molar-refractivity contribution is 7.60. The summed E-state index contributed by atoms with van der Waals surface area (Å²) in [5, 5.41) is 10.3. The molecule has 15 nitrogen and oxygen atoms in total. The van der Waals surface area contributed by atoms with Crippen LogP contribution in [0.25, 0.3) is 11.2 Å². The maximum atomic E-state index is 11.5. The molecule has 0 aromatic carbocycles. The van der Waals surface area contributed by atoms with Crippen molar-refractivity contribution in [1.82, 2.24) is 19.5 Å². The van der Waals surface area contributed by atoms with Crippen molar-refractivity contribution in [3.63, 3.8) is 0 Å². The highest BCUT2D eigenvalue weighted by atomic mass is 31.3. The van der Waals surface area contributed by atoms with Gasteiger partial charge in [-0.05, 0) is 0 Å². The molecule has 27 heavy (non-hydrogen) atoms. The number of fused-ring (bicyclic) bond motifs is 1. The molecule has 0 bridgehead atoms. The van der Waals surface area contributed by atoms with Crippen LogP contribution in [0.15, 0.2) is 12.7 Å². The largest absolute Gasteiger partial charge is 0.481 e. The van der Waals surface area contributed by atoms with Gasteiger partial charge in [-0.1, -0.05) is 0 Å². The first kappa shape index (κ1) is 20.2. The van der Waals surface area contributed by atoms with Crippen LogP contribution in [0, 0.1) is 0 Å². The number of aliphatic hydroxyl groups is 1. The number of hydrogen-bond acceptors (Lipinski definition) is 11. The van der Waals surface area contributed by atoms with Crippen LogP contribution >= 0.6 is 15.6 Å². The van der Waals surface area contributed by atoms with Crippen molar-refractivity contribution < 1.29 is 42.5 Å². The maximum absolute atomic E-state index is 11.5. The summed E-state index contributed by atoms with van der Waals surface area (Å²) in [5.74, 6) is 0.117. The number of anilines is 1. The highest BCUT2D eigenvalue weighted by Crippen LogP contribution is 2.57. The van der Waals surface area contributed by atoms with Crippen LogP contribution in [-0.2, 0) is 22.7 Å². The quantitative estimate of drug-likeness (QED) is 0.280. The fourth-order valence-electron chi connectivity index (χ4n) is 2.52. The lowest BCUT2D eigenvalue weighted by Crippen LogP contribution is -2.41. The Hall–Kier alpha value is -1.51. The fourth-order valence-corrected chi connectivity index (χ4v) is 4.12. The van der Waals surface area contributed by atoms with Crippen LogP contribution in [0.5, 0.6) is 0 Å². The van der Waals surface area contributed by atoms with Crippen LogP contribution in [0.1, 0.15) is 6.23 Å². The molecule has 0 saturated carbocycles. The van der Waals surface area contributed by atoms with Crippen LogP contribution in [0.4, 0.5) is 5.82 Å². The number of nitrogens with two attached hydrogens (primary N) is 2. The van der Waals surface area contributed by atoms with E-state index >= 15 is 0 Å². The summed E-state index contributed by atoms with van der Waals surface area (Å²) in [6.45, 7) is -0.688. The molecule has 1 saturated heterocycles. The molecule has 0 aliphatic carbocycles. The molecule has 2 aromatic heterocycles. The first-order chi connectivity index (χ1) is 12.5. The van der Waals surface area contributed by atoms with Gasteiger partial charge in [-0.25, -0.2) is 24.1 Å². The van der Waals surface area contributed by atoms with Gasteiger partial charge in [0.15, 0.2) is 17.7 Å². The van der Waals surface area contributed by atoms with Gasteiger partial charge in [-0.2, -0.15) is 4.31 Å². The Labute approximate surface area is 150 Å². The number of imidazole rings is 1. The first-order valence-electron chi connectivity index (χ1n) is 7.25. The van der Waals surface area contributed by atoms with E-state index in [-0.39, 0.29) is 17.0 Å². The number of rotatable bonds is 6. The minimum absolute atomic E-state index is 0.117. The van der Waals surface area contributed by atoms with Gasteiger partial charge in [-0.3, -0.25) is 9.09 Å². The third kappa shape index (κ3) is 4.33. The van der Waals surface area contributed by atoms with E-state index in [1.54, 1.807) is 0 Å². The number of phosphoric acid groups is 2. The number of aromatic nitrogens is 4. The fraction of sp³-hybridized carbons (Fsp3) is 0.500. The van der Waals surface area contributed by atoms with Crippen molar-refractivity contribution in [2.45, 2.75) is 24.5 Å². The average Bonchev–Trinajstić information content (AvgIpc) is 3.07. The van der Waals surface area contributed by atoms with Gasteiger partial charge in [0.25, 0.3) is 0 Å². The Morgan fingerprint density at radius 3 is 2.63 bits per heavy atom. The molecule has 0 spiro atoms. The molecule has 3 heterocycles. The Bertz CT molecular complexity index is 933. The van der Waals surface area contributed by atoms with Crippen molar-refractivity contribution >= 4 is 32.6 Å². The van der Waals surface area contributed by atoms with E-state index in [1.165, 1.54) is 17.2 Å². The van der Waals surface area contributed by atoms with Gasteiger partial charge in [0.2, 0.25) is 0 Å². The van der Waals surface area contributed by atoms with Crippen molar-refractivity contribution in [3.05, 3.63) is 12.7 Å². The molecular weight excluding hydrogens is 410 g/mol. The standard InChI is InChI=1S/C10H16N6O9P2/c11-5-4(1-23-27(21,22)25-26(18,19)20)24-10(7(5)17)16-3-15-6-8(12)13-2-14-9(6)16/h2-5,7,10,17H,1,11H2,(H,21,22)(H2,12,13,14)(H2,18,19,20). The van der Waals surface area contributed by atoms with E-state index in [9.17, 15) is 19.1 Å². The van der Waals surface area contributed by atoms with E-state index in [2.05, 4.69) is 23.8 Å². The zero-order chi connectivity index (χ0) is 20.0. The van der Waals surface area contributed by atoms with E-state index < -0.39 is 46.7 Å². The van der Waals surface area contributed by atoms with Gasteiger partial charge in [-0.15, -0.1) is 0 Å². The van der Waals surface area contributed by atoms with E-state index in [1.807, 2.05) is 0 Å². The second-order valence-electron chi connectivity index (χ2n) is 5.55. The summed E-state index contributed by atoms with van der Waals surface area (Å²) in [5.41, 5.74) is 12.1. The van der Waals surface area contributed by atoms with E-state index in [0.29, 0.717) is 0 Å². The van der Waals surface area contributed by atoms with Crippen molar-refractivity contribution in [1.29, 1.82) is 0 Å². The molecule has 0 amide bonds. The summed E-state index contributed by atoms with van der Waals surface area (Å²) in [6.07, 6.45) is -0.976. The number of phosphoric ester groups is 1. The van der Waals surface area contributed by atoms with E-state index in [0.717, 1.165) is 0 Å². The minimum atomic E-state index is -5.26. The van der Waals surface area contributed by atoms with E-state index in [4.69, 9.17) is 26.0 Å². The van der Waals surface area contributed by atoms with Gasteiger partial charge in [0.05, 0.1) is 19.0 Å². The molecule has 1 aliphatic rings. The third-order valence-electron chi connectivity index (χ3n) is 3.70. The molecule has 5 unspecified atom stereocenters. The summed E-state index contributed by atoms with van der Waals surface area (Å²) < 4.78 is 37.2. The van der Waals surface area contributed by atoms with Gasteiger partial charge in [0.1, 0.15) is 24.1 Å². The molecule has 1 aliphatic heterocycles. The second-order valence-corrected chi connectivity index (χ2v) is 8.38. The lowest BCUT2D eigenvalue weighted by Gasteiger charge is -2.18. The number of ether oxygens (including phenoxy) is 1. The molecule has 0 radical (unpaired) electrons. The molecular formula is C10H16N6O9P2. The van der Waals surface area contributed by atoms with Crippen molar-refractivity contribution in [2.75, 3.05) is 12.3 Å². The number of nitrogens with zero attached hydrogens (tertiary/aromatic N) is 4. The highest BCUT2D eigenvalue weighted by Gasteiger charge is 2.45. The zero-order valence-electron chi connectivity index (χ0n) is 13.3.